The molecule has 2 heterocycles. The number of ether oxygens (including phenoxy) is 1. The van der Waals surface area contributed by atoms with E-state index in [0.717, 1.165) is 4.68 Å². The first-order chi connectivity index (χ1) is 18.2. The minimum Gasteiger partial charge on any atom is -0.497 e. The van der Waals surface area contributed by atoms with E-state index in [1.165, 1.54) is 30.2 Å². The molecule has 1 aliphatic heterocycles. The van der Waals surface area contributed by atoms with Crippen molar-refractivity contribution in [2.24, 2.45) is 0 Å². The molecule has 3 aromatic rings. The highest BCUT2D eigenvalue weighted by Crippen LogP contribution is 2.37. The predicted octanol–water partition coefficient (Wildman–Crippen LogP) is 3.36. The number of nitrogens with one attached hydrogen (secondary N) is 2. The monoisotopic (exact) mass is 529 g/mol. The molecule has 0 saturated carbocycles. The minimum absolute atomic E-state index is 0.0352. The van der Waals surface area contributed by atoms with Crippen LogP contribution in [0.3, 0.4) is 0 Å². The van der Waals surface area contributed by atoms with Gasteiger partial charge in [-0.1, -0.05) is 25.1 Å². The summed E-state index contributed by atoms with van der Waals surface area (Å²) >= 11 is 0. The zero-order valence-electron chi connectivity index (χ0n) is 20.8. The van der Waals surface area contributed by atoms with Crippen LogP contribution < -0.4 is 20.3 Å². The molecule has 0 fully saturated rings. The Balaban J connectivity index is 1.81. The van der Waals surface area contributed by atoms with Gasteiger partial charge < -0.3 is 20.3 Å². The SMILES string of the molecule is CCCNC(=O)CNC(=O)c1cc(OC)ccc1-n1nc(C(F)(F)F)c2c1C(=O)N(c1ccccc1)CC2. The number of para-hydroxylation sites is 1. The summed E-state index contributed by atoms with van der Waals surface area (Å²) in [6.45, 7) is 2.00. The van der Waals surface area contributed by atoms with Gasteiger partial charge in [-0.15, -0.1) is 0 Å². The molecule has 0 bridgehead atoms. The largest absolute Gasteiger partial charge is 0.497 e. The Hall–Kier alpha value is -4.35. The Morgan fingerprint density at radius 3 is 2.50 bits per heavy atom. The van der Waals surface area contributed by atoms with E-state index in [4.69, 9.17) is 4.74 Å². The number of amides is 3. The van der Waals surface area contributed by atoms with Crippen LogP contribution in [0.15, 0.2) is 48.5 Å². The van der Waals surface area contributed by atoms with Crippen LogP contribution in [-0.4, -0.2) is 54.2 Å². The number of carbonyl (C=O) groups excluding carboxylic acids is 3. The lowest BCUT2D eigenvalue weighted by Gasteiger charge is -2.28. The van der Waals surface area contributed by atoms with Crippen LogP contribution in [0, 0.1) is 0 Å². The van der Waals surface area contributed by atoms with Crippen molar-refractivity contribution in [2.75, 3.05) is 31.6 Å². The van der Waals surface area contributed by atoms with Gasteiger partial charge in [0.25, 0.3) is 11.8 Å². The van der Waals surface area contributed by atoms with E-state index in [1.807, 2.05) is 6.92 Å². The molecule has 0 spiro atoms. The first kappa shape index (κ1) is 26.7. The van der Waals surface area contributed by atoms with Gasteiger partial charge in [-0.25, -0.2) is 4.68 Å². The van der Waals surface area contributed by atoms with Crippen LogP contribution in [0.4, 0.5) is 18.9 Å². The van der Waals surface area contributed by atoms with E-state index in [9.17, 15) is 27.6 Å². The molecule has 200 valence electrons. The van der Waals surface area contributed by atoms with E-state index in [2.05, 4.69) is 15.7 Å². The van der Waals surface area contributed by atoms with Crippen molar-refractivity contribution >= 4 is 23.4 Å². The summed E-state index contributed by atoms with van der Waals surface area (Å²) in [5.74, 6) is -1.59. The molecule has 2 N–H and O–H groups in total. The van der Waals surface area contributed by atoms with Crippen molar-refractivity contribution in [2.45, 2.75) is 25.9 Å². The second kappa shape index (κ2) is 11.0. The van der Waals surface area contributed by atoms with E-state index >= 15 is 0 Å². The molecule has 1 aliphatic rings. The molecular weight excluding hydrogens is 503 g/mol. The van der Waals surface area contributed by atoms with Crippen LogP contribution >= 0.6 is 0 Å². The third kappa shape index (κ3) is 5.34. The summed E-state index contributed by atoms with van der Waals surface area (Å²) in [6, 6.07) is 12.7. The van der Waals surface area contributed by atoms with Gasteiger partial charge in [0, 0.05) is 24.3 Å². The topological polar surface area (TPSA) is 106 Å². The summed E-state index contributed by atoms with van der Waals surface area (Å²) in [7, 11) is 1.37. The number of hydrogen-bond donors (Lipinski definition) is 2. The molecule has 12 heteroatoms. The maximum Gasteiger partial charge on any atom is 0.435 e. The average Bonchev–Trinajstić information content (AvgIpc) is 3.32. The fourth-order valence-electron chi connectivity index (χ4n) is 4.21. The Bertz CT molecular complexity index is 1350. The fourth-order valence-corrected chi connectivity index (χ4v) is 4.21. The Kier molecular flexibility index (Phi) is 7.70. The number of fused-ring (bicyclic) bond motifs is 1. The number of nitrogens with zero attached hydrogens (tertiary/aromatic N) is 3. The van der Waals surface area contributed by atoms with Gasteiger partial charge in [0.1, 0.15) is 11.4 Å². The number of alkyl halides is 3. The zero-order chi connectivity index (χ0) is 27.4. The molecule has 1 aromatic heterocycles. The summed E-state index contributed by atoms with van der Waals surface area (Å²) in [4.78, 5) is 40.1. The van der Waals surface area contributed by atoms with Gasteiger partial charge in [0.15, 0.2) is 5.69 Å². The molecule has 2 aromatic carbocycles. The average molecular weight is 530 g/mol. The van der Waals surface area contributed by atoms with E-state index < -0.39 is 29.6 Å². The highest BCUT2D eigenvalue weighted by molar-refractivity contribution is 6.08. The van der Waals surface area contributed by atoms with Crippen molar-refractivity contribution in [3.63, 3.8) is 0 Å². The first-order valence-corrected chi connectivity index (χ1v) is 11.9. The van der Waals surface area contributed by atoms with Gasteiger partial charge in [0.2, 0.25) is 5.91 Å². The van der Waals surface area contributed by atoms with Crippen LogP contribution in [-0.2, 0) is 17.4 Å². The first-order valence-electron chi connectivity index (χ1n) is 11.9. The molecule has 4 rings (SSSR count). The molecule has 0 radical (unpaired) electrons. The Morgan fingerprint density at radius 2 is 1.84 bits per heavy atom. The number of halogens is 3. The van der Waals surface area contributed by atoms with E-state index in [0.29, 0.717) is 18.7 Å². The fraction of sp³-hybridized carbons (Fsp3) is 0.308. The predicted molar refractivity (Wildman–Crippen MR) is 133 cm³/mol. The van der Waals surface area contributed by atoms with Crippen LogP contribution in [0.1, 0.15) is 45.4 Å². The minimum atomic E-state index is -4.82. The van der Waals surface area contributed by atoms with E-state index in [-0.39, 0.29) is 47.8 Å². The summed E-state index contributed by atoms with van der Waals surface area (Å²) in [5.41, 5.74) is -1.36. The Labute approximate surface area is 216 Å². The van der Waals surface area contributed by atoms with Crippen molar-refractivity contribution in [1.82, 2.24) is 20.4 Å². The van der Waals surface area contributed by atoms with E-state index in [1.54, 1.807) is 30.3 Å². The number of methoxy groups -OCH3 is 1. The number of hydrogen-bond acceptors (Lipinski definition) is 5. The van der Waals surface area contributed by atoms with Crippen LogP contribution in [0.25, 0.3) is 5.69 Å². The smallest absolute Gasteiger partial charge is 0.435 e. The van der Waals surface area contributed by atoms with Gasteiger partial charge in [0.05, 0.1) is 24.9 Å². The summed E-state index contributed by atoms with van der Waals surface area (Å²) < 4.78 is 48.1. The van der Waals surface area contributed by atoms with Crippen LogP contribution in [0.2, 0.25) is 0 Å². The number of carbonyl (C=O) groups is 3. The maximum atomic E-state index is 14.0. The van der Waals surface area contributed by atoms with Gasteiger partial charge in [-0.05, 0) is 43.2 Å². The lowest BCUT2D eigenvalue weighted by molar-refractivity contribution is -0.142. The number of anilines is 1. The molecule has 38 heavy (non-hydrogen) atoms. The van der Waals surface area contributed by atoms with Crippen molar-refractivity contribution in [1.29, 1.82) is 0 Å². The highest BCUT2D eigenvalue weighted by Gasteiger charge is 2.43. The third-order valence-corrected chi connectivity index (χ3v) is 6.01. The molecule has 3 amide bonds. The molecular formula is C26H26F3N5O4. The highest BCUT2D eigenvalue weighted by atomic mass is 19.4. The number of aromatic nitrogens is 2. The quantitative estimate of drug-likeness (QED) is 0.466. The summed E-state index contributed by atoms with van der Waals surface area (Å²) in [5, 5.41) is 8.88. The molecule has 0 aliphatic carbocycles. The third-order valence-electron chi connectivity index (χ3n) is 6.01. The van der Waals surface area contributed by atoms with Crippen molar-refractivity contribution in [3.8, 4) is 11.4 Å². The molecule has 0 saturated heterocycles. The molecule has 0 unspecified atom stereocenters. The van der Waals surface area contributed by atoms with Crippen LogP contribution in [0.5, 0.6) is 5.75 Å². The lowest BCUT2D eigenvalue weighted by Crippen LogP contribution is -2.39. The number of rotatable bonds is 8. The van der Waals surface area contributed by atoms with Gasteiger partial charge >= 0.3 is 6.18 Å². The molecule has 0 atom stereocenters. The lowest BCUT2D eigenvalue weighted by atomic mass is 10.0. The Morgan fingerprint density at radius 1 is 1.11 bits per heavy atom. The normalized spacial score (nSPS) is 13.2. The summed E-state index contributed by atoms with van der Waals surface area (Å²) in [6.07, 6.45) is -4.20. The molecule has 9 nitrogen and oxygen atoms in total. The standard InChI is InChI=1S/C26H26F3N5O4/c1-3-12-30-21(35)15-31-24(36)19-14-17(38-2)9-10-20(19)34-22-18(23(32-34)26(27,28)29)11-13-33(25(22)37)16-7-5-4-6-8-16/h4-10,14H,3,11-13,15H2,1-2H3,(H,30,35)(H,31,36). The number of benzene rings is 2. The van der Waals surface area contributed by atoms with Crippen molar-refractivity contribution in [3.05, 3.63) is 71.0 Å². The van der Waals surface area contributed by atoms with Crippen molar-refractivity contribution < 1.29 is 32.3 Å². The second-order valence-electron chi connectivity index (χ2n) is 8.54. The second-order valence-corrected chi connectivity index (χ2v) is 8.54. The maximum absolute atomic E-state index is 14.0. The zero-order valence-corrected chi connectivity index (χ0v) is 20.8. The van der Waals surface area contributed by atoms with Gasteiger partial charge in [-0.3, -0.25) is 14.4 Å². The van der Waals surface area contributed by atoms with Gasteiger partial charge in [-0.2, -0.15) is 18.3 Å².